The molecule has 3 N–H and O–H groups in total. The van der Waals surface area contributed by atoms with Crippen molar-refractivity contribution in [2.45, 2.75) is 39.3 Å². The highest BCUT2D eigenvalue weighted by Gasteiger charge is 2.21. The second kappa shape index (κ2) is 15.2. The van der Waals surface area contributed by atoms with E-state index in [0.717, 1.165) is 66.1 Å². The number of methoxy groups -OCH3 is 1. The van der Waals surface area contributed by atoms with Crippen LogP contribution in [-0.4, -0.2) is 63.2 Å². The summed E-state index contributed by atoms with van der Waals surface area (Å²) < 4.78 is 7.03. The monoisotopic (exact) mass is 603 g/mol. The number of fused-ring (bicyclic) bond motifs is 1. The van der Waals surface area contributed by atoms with Crippen molar-refractivity contribution < 1.29 is 9.53 Å². The summed E-state index contributed by atoms with van der Waals surface area (Å²) in [5.41, 5.74) is 12.7. The van der Waals surface area contributed by atoms with Gasteiger partial charge in [-0.1, -0.05) is 62.4 Å². The third kappa shape index (κ3) is 7.63. The third-order valence-corrected chi connectivity index (χ3v) is 7.72. The molecule has 1 aliphatic heterocycles. The van der Waals surface area contributed by atoms with Gasteiger partial charge in [-0.2, -0.15) is 0 Å². The van der Waals surface area contributed by atoms with Gasteiger partial charge in [-0.05, 0) is 54.8 Å². The minimum Gasteiger partial charge on any atom is -0.383 e. The molecule has 1 aliphatic rings. The molecule has 9 heteroatoms. The number of nitrogen functional groups attached to an aromatic ring is 1. The van der Waals surface area contributed by atoms with E-state index in [0.29, 0.717) is 18.2 Å². The smallest absolute Gasteiger partial charge is 0.243 e. The molecule has 0 atom stereocenters. The normalized spacial score (nSPS) is 13.9. The Kier molecular flexibility index (Phi) is 10.7. The van der Waals surface area contributed by atoms with E-state index in [4.69, 9.17) is 20.4 Å². The average molecular weight is 604 g/mol. The maximum Gasteiger partial charge on any atom is 0.243 e. The Hall–Kier alpha value is -4.86. The summed E-state index contributed by atoms with van der Waals surface area (Å²) in [6, 6.07) is 26.7. The molecule has 9 nitrogen and oxygen atoms in total. The molecule has 1 fully saturated rings. The number of aromatic nitrogens is 4. The highest BCUT2D eigenvalue weighted by Crippen LogP contribution is 2.32. The highest BCUT2D eigenvalue weighted by molar-refractivity contribution is 5.87. The van der Waals surface area contributed by atoms with Gasteiger partial charge in [0.15, 0.2) is 11.5 Å². The number of ether oxygens (including phenoxy) is 1. The molecule has 0 bridgehead atoms. The van der Waals surface area contributed by atoms with Crippen LogP contribution in [0.3, 0.4) is 0 Å². The zero-order chi connectivity index (χ0) is 31.6. The van der Waals surface area contributed by atoms with E-state index >= 15 is 0 Å². The first-order chi connectivity index (χ1) is 22.1. The molecule has 232 valence electrons. The van der Waals surface area contributed by atoms with E-state index in [1.165, 1.54) is 5.56 Å². The number of amides is 1. The fourth-order valence-corrected chi connectivity index (χ4v) is 5.50. The summed E-state index contributed by atoms with van der Waals surface area (Å²) in [5, 5.41) is 3.10. The standard InChI is InChI=1S/C34H35N7O2.C2H6/c1-43-22-6-10-31(42)37-26-17-20-40(21-18-26)23-24-11-13-27(14-12-24)41-33(28-9-5-19-36-32(28)35)39-30-16-15-29(38-34(30)41)25-7-3-2-4-8-25;1-2/h2-16,19,26H,17-18,20-23H2,1H3,(H2,35,36)(H,37,42);1-2H3/b10-6+;. The molecule has 6 rings (SSSR count). The first-order valence-electron chi connectivity index (χ1n) is 15.5. The van der Waals surface area contributed by atoms with Crippen LogP contribution >= 0.6 is 0 Å². The first kappa shape index (κ1) is 31.6. The molecule has 0 spiro atoms. The third-order valence-electron chi connectivity index (χ3n) is 7.72. The van der Waals surface area contributed by atoms with Crippen molar-refractivity contribution in [1.82, 2.24) is 29.7 Å². The molecule has 0 aliphatic carbocycles. The van der Waals surface area contributed by atoms with E-state index in [2.05, 4.69) is 56.2 Å². The van der Waals surface area contributed by atoms with Crippen molar-refractivity contribution in [3.05, 3.63) is 103 Å². The first-order valence-corrected chi connectivity index (χ1v) is 15.5. The summed E-state index contributed by atoms with van der Waals surface area (Å²) in [5.74, 6) is 1.06. The van der Waals surface area contributed by atoms with Gasteiger partial charge in [0, 0.05) is 56.3 Å². The van der Waals surface area contributed by atoms with Crippen molar-refractivity contribution in [1.29, 1.82) is 0 Å². The van der Waals surface area contributed by atoms with Crippen LogP contribution in [-0.2, 0) is 16.1 Å². The number of pyridine rings is 2. The predicted octanol–water partition coefficient (Wildman–Crippen LogP) is 6.04. The number of hydrogen-bond donors (Lipinski definition) is 2. The lowest BCUT2D eigenvalue weighted by Gasteiger charge is -2.32. The fraction of sp³-hybridized carbons (Fsp3) is 0.278. The summed E-state index contributed by atoms with van der Waals surface area (Å²) in [6.45, 7) is 7.14. The lowest BCUT2D eigenvalue weighted by Crippen LogP contribution is -2.43. The van der Waals surface area contributed by atoms with Crippen LogP contribution in [0.15, 0.2) is 97.2 Å². The van der Waals surface area contributed by atoms with Gasteiger partial charge in [0.05, 0.1) is 17.9 Å². The Morgan fingerprint density at radius 3 is 2.44 bits per heavy atom. The molecule has 0 radical (unpaired) electrons. The molecule has 1 amide bonds. The lowest BCUT2D eigenvalue weighted by atomic mass is 10.0. The number of nitrogens with one attached hydrogen (secondary N) is 1. The molecule has 0 unspecified atom stereocenters. The van der Waals surface area contributed by atoms with E-state index in [1.807, 2.05) is 56.3 Å². The van der Waals surface area contributed by atoms with E-state index in [-0.39, 0.29) is 11.9 Å². The number of imidazole rings is 1. The van der Waals surface area contributed by atoms with Gasteiger partial charge in [-0.25, -0.2) is 15.0 Å². The molecule has 2 aromatic carbocycles. The van der Waals surface area contributed by atoms with Crippen LogP contribution in [0.4, 0.5) is 5.82 Å². The Morgan fingerprint density at radius 1 is 0.978 bits per heavy atom. The van der Waals surface area contributed by atoms with Gasteiger partial charge in [-0.3, -0.25) is 14.3 Å². The number of likely N-dealkylation sites (tertiary alicyclic amines) is 1. The van der Waals surface area contributed by atoms with Gasteiger partial charge < -0.3 is 15.8 Å². The molecular weight excluding hydrogens is 562 g/mol. The summed E-state index contributed by atoms with van der Waals surface area (Å²) in [4.78, 5) is 28.8. The SMILES string of the molecule is CC.COC/C=C/C(=O)NC1CCN(Cc2ccc(-n3c(-c4cccnc4N)nc4ccc(-c5ccccc5)nc43)cc2)CC1. The van der Waals surface area contributed by atoms with E-state index in [1.54, 1.807) is 25.5 Å². The van der Waals surface area contributed by atoms with E-state index in [9.17, 15) is 4.79 Å². The van der Waals surface area contributed by atoms with Crippen molar-refractivity contribution in [3.8, 4) is 28.3 Å². The number of benzene rings is 2. The van der Waals surface area contributed by atoms with Crippen molar-refractivity contribution in [2.75, 3.05) is 32.5 Å². The van der Waals surface area contributed by atoms with Crippen molar-refractivity contribution >= 4 is 22.9 Å². The van der Waals surface area contributed by atoms with Gasteiger partial charge in [0.2, 0.25) is 5.91 Å². The number of nitrogens with two attached hydrogens (primary N) is 1. The number of hydrogen-bond acceptors (Lipinski definition) is 7. The van der Waals surface area contributed by atoms with E-state index < -0.39 is 0 Å². The summed E-state index contributed by atoms with van der Waals surface area (Å²) in [6.07, 6.45) is 6.81. The molecule has 1 saturated heterocycles. The molecule has 3 aromatic heterocycles. The quantitative estimate of drug-likeness (QED) is 0.198. The van der Waals surface area contributed by atoms with Crippen LogP contribution in [0.5, 0.6) is 0 Å². The maximum atomic E-state index is 12.1. The Labute approximate surface area is 264 Å². The van der Waals surface area contributed by atoms with Crippen LogP contribution in [0.2, 0.25) is 0 Å². The second-order valence-electron chi connectivity index (χ2n) is 10.7. The van der Waals surface area contributed by atoms with Gasteiger partial charge in [0.1, 0.15) is 11.3 Å². The molecule has 5 aromatic rings. The van der Waals surface area contributed by atoms with Gasteiger partial charge in [0.25, 0.3) is 0 Å². The highest BCUT2D eigenvalue weighted by atomic mass is 16.5. The number of anilines is 1. The topological polar surface area (TPSA) is 111 Å². The molecule has 4 heterocycles. The molecular formula is C36H41N7O2. The Balaban J connectivity index is 0.00000196. The zero-order valence-corrected chi connectivity index (χ0v) is 26.2. The number of nitrogens with zero attached hydrogens (tertiary/aromatic N) is 5. The summed E-state index contributed by atoms with van der Waals surface area (Å²) >= 11 is 0. The van der Waals surface area contributed by atoms with Crippen LogP contribution in [0, 0.1) is 0 Å². The fourth-order valence-electron chi connectivity index (χ4n) is 5.50. The minimum atomic E-state index is -0.0593. The van der Waals surface area contributed by atoms with Crippen LogP contribution < -0.4 is 11.1 Å². The van der Waals surface area contributed by atoms with Crippen molar-refractivity contribution in [2.24, 2.45) is 0 Å². The Bertz CT molecular complexity index is 1720. The largest absolute Gasteiger partial charge is 0.383 e. The predicted molar refractivity (Wildman–Crippen MR) is 181 cm³/mol. The molecule has 0 saturated carbocycles. The lowest BCUT2D eigenvalue weighted by molar-refractivity contribution is -0.117. The zero-order valence-electron chi connectivity index (χ0n) is 26.2. The minimum absolute atomic E-state index is 0.0593. The summed E-state index contributed by atoms with van der Waals surface area (Å²) in [7, 11) is 1.61. The van der Waals surface area contributed by atoms with Gasteiger partial charge in [-0.15, -0.1) is 0 Å². The maximum absolute atomic E-state index is 12.1. The Morgan fingerprint density at radius 2 is 1.73 bits per heavy atom. The number of rotatable bonds is 9. The number of carbonyl (C=O) groups is 1. The molecule has 45 heavy (non-hydrogen) atoms. The van der Waals surface area contributed by atoms with Gasteiger partial charge >= 0.3 is 0 Å². The van der Waals surface area contributed by atoms with Crippen molar-refractivity contribution in [3.63, 3.8) is 0 Å². The number of piperidine rings is 1. The van der Waals surface area contributed by atoms with Crippen LogP contribution in [0.25, 0.3) is 39.5 Å². The average Bonchev–Trinajstić information content (AvgIpc) is 3.46. The number of carbonyl (C=O) groups excluding carboxylic acids is 1. The van der Waals surface area contributed by atoms with Crippen LogP contribution in [0.1, 0.15) is 32.3 Å². The second-order valence-corrected chi connectivity index (χ2v) is 10.7.